The first-order valence-corrected chi connectivity index (χ1v) is 11.8. The fourth-order valence-electron chi connectivity index (χ4n) is 4.40. The van der Waals surface area contributed by atoms with Crippen LogP contribution in [0.1, 0.15) is 11.4 Å². The van der Waals surface area contributed by atoms with Gasteiger partial charge in [-0.2, -0.15) is 0 Å². The number of nitrogens with zero attached hydrogens (tertiary/aromatic N) is 3. The minimum atomic E-state index is -0.0959. The van der Waals surface area contributed by atoms with Crippen molar-refractivity contribution in [2.75, 3.05) is 11.5 Å². The van der Waals surface area contributed by atoms with Gasteiger partial charge < -0.3 is 36.4 Å². The molecule has 2 aliphatic rings. The largest absolute Gasteiger partial charge is 0.506 e. The Morgan fingerprint density at radius 1 is 0.737 bits per heavy atom. The molecule has 0 saturated heterocycles. The normalized spacial score (nSPS) is 11.2. The average molecular weight is 506 g/mol. The van der Waals surface area contributed by atoms with Gasteiger partial charge in [-0.05, 0) is 12.1 Å². The van der Waals surface area contributed by atoms with E-state index in [1.54, 1.807) is 36.7 Å². The molecule has 10 heteroatoms. The SMILES string of the molecule is Nc1ccccc1-c1cc(O)c(Cc2ncnc(Oc3[nH]c(-c4ccccc4N)cc3O)c3cncc2-3)[nH]1. The number of aromatic hydroxyl groups is 2. The number of hydrogen-bond donors (Lipinski definition) is 6. The lowest BCUT2D eigenvalue weighted by molar-refractivity contribution is 0.396. The van der Waals surface area contributed by atoms with Crippen LogP contribution in [0.2, 0.25) is 0 Å². The fraction of sp³-hybridized carbons (Fsp3) is 0.0357. The highest BCUT2D eigenvalue weighted by Gasteiger charge is 2.21. The van der Waals surface area contributed by atoms with Crippen molar-refractivity contribution < 1.29 is 14.9 Å². The molecule has 188 valence electrons. The summed E-state index contributed by atoms with van der Waals surface area (Å²) in [6.45, 7) is 0. The Morgan fingerprint density at radius 3 is 2.08 bits per heavy atom. The minimum absolute atomic E-state index is 0.0951. The molecule has 2 aliphatic heterocycles. The third-order valence-corrected chi connectivity index (χ3v) is 6.31. The molecule has 4 heterocycles. The smallest absolute Gasteiger partial charge is 0.242 e. The van der Waals surface area contributed by atoms with Crippen LogP contribution in [0.3, 0.4) is 0 Å². The number of fused-ring (bicyclic) bond motifs is 1. The van der Waals surface area contributed by atoms with Crippen molar-refractivity contribution in [1.29, 1.82) is 0 Å². The number of aromatic amines is 2. The van der Waals surface area contributed by atoms with Gasteiger partial charge in [0.05, 0.1) is 28.3 Å². The van der Waals surface area contributed by atoms with Crippen molar-refractivity contribution in [3.05, 3.63) is 90.8 Å². The number of nitrogen functional groups attached to an aromatic ring is 2. The monoisotopic (exact) mass is 505 g/mol. The van der Waals surface area contributed by atoms with E-state index in [9.17, 15) is 10.2 Å². The summed E-state index contributed by atoms with van der Waals surface area (Å²) >= 11 is 0. The quantitative estimate of drug-likeness (QED) is 0.173. The molecule has 0 bridgehead atoms. The molecule has 2 aromatic carbocycles. The number of nitrogens with one attached hydrogen (secondary N) is 2. The third-order valence-electron chi connectivity index (χ3n) is 6.31. The van der Waals surface area contributed by atoms with Gasteiger partial charge in [0.15, 0.2) is 5.75 Å². The van der Waals surface area contributed by atoms with Crippen LogP contribution < -0.4 is 16.2 Å². The molecular weight excluding hydrogens is 482 g/mol. The molecule has 0 aliphatic carbocycles. The van der Waals surface area contributed by atoms with E-state index in [0.717, 1.165) is 11.1 Å². The molecule has 2 aromatic heterocycles. The van der Waals surface area contributed by atoms with Gasteiger partial charge in [-0.1, -0.05) is 36.4 Å². The van der Waals surface area contributed by atoms with Crippen molar-refractivity contribution in [3.63, 3.8) is 0 Å². The Balaban J connectivity index is 1.30. The molecule has 8 N–H and O–H groups in total. The zero-order valence-electron chi connectivity index (χ0n) is 20.0. The van der Waals surface area contributed by atoms with Crippen LogP contribution in [0.5, 0.6) is 23.3 Å². The topological polar surface area (TPSA) is 172 Å². The van der Waals surface area contributed by atoms with Gasteiger partial charge in [0.1, 0.15) is 12.1 Å². The zero-order valence-corrected chi connectivity index (χ0v) is 20.0. The minimum Gasteiger partial charge on any atom is -0.506 e. The first kappa shape index (κ1) is 22.9. The Morgan fingerprint density at radius 2 is 1.37 bits per heavy atom. The third kappa shape index (κ3) is 4.09. The van der Waals surface area contributed by atoms with Crippen molar-refractivity contribution in [3.8, 4) is 56.9 Å². The molecule has 0 amide bonds. The molecule has 0 atom stereocenters. The van der Waals surface area contributed by atoms with Crippen LogP contribution in [0, 0.1) is 0 Å². The maximum absolute atomic E-state index is 10.6. The number of aromatic nitrogens is 5. The second-order valence-corrected chi connectivity index (χ2v) is 8.76. The first-order valence-electron chi connectivity index (χ1n) is 11.8. The summed E-state index contributed by atoms with van der Waals surface area (Å²) in [5.41, 5.74) is 18.6. The molecule has 0 spiro atoms. The van der Waals surface area contributed by atoms with Gasteiger partial charge in [-0.25, -0.2) is 9.97 Å². The number of benzene rings is 2. The molecule has 10 nitrogen and oxygen atoms in total. The van der Waals surface area contributed by atoms with Crippen molar-refractivity contribution >= 4 is 11.4 Å². The molecular formula is C28H23N7O3. The number of hydrogen-bond acceptors (Lipinski definition) is 8. The molecule has 0 fully saturated rings. The molecule has 38 heavy (non-hydrogen) atoms. The number of para-hydroxylation sites is 2. The first-order chi connectivity index (χ1) is 18.5. The Labute approximate surface area is 217 Å². The molecule has 0 radical (unpaired) electrons. The molecule has 4 aromatic rings. The second-order valence-electron chi connectivity index (χ2n) is 8.76. The van der Waals surface area contributed by atoms with E-state index >= 15 is 0 Å². The molecule has 0 unspecified atom stereocenters. The van der Waals surface area contributed by atoms with E-state index < -0.39 is 0 Å². The summed E-state index contributed by atoms with van der Waals surface area (Å²) in [7, 11) is 0. The number of anilines is 2. The predicted molar refractivity (Wildman–Crippen MR) is 144 cm³/mol. The summed E-state index contributed by atoms with van der Waals surface area (Å²) < 4.78 is 5.98. The van der Waals surface area contributed by atoms with E-state index in [4.69, 9.17) is 16.2 Å². The number of nitrogens with two attached hydrogens (primary N) is 2. The van der Waals surface area contributed by atoms with Crippen LogP contribution in [0.25, 0.3) is 33.6 Å². The standard InChI is InChI=1S/C28H23N7O3/c29-19-7-3-1-5-15(19)22-10-25(36)24(34-22)9-21-17-12-31-13-18(17)27(33-14-32-21)38-28-26(37)11-23(35-28)16-6-2-4-8-20(16)30/h1-8,10-14,34-37H,9,29-30H2. The van der Waals surface area contributed by atoms with Gasteiger partial charge in [0, 0.05) is 59.0 Å². The Bertz CT molecular complexity index is 1620. The summed E-state index contributed by atoms with van der Waals surface area (Å²) in [4.78, 5) is 19.4. The summed E-state index contributed by atoms with van der Waals surface area (Å²) in [5.74, 6) is 0.312. The van der Waals surface area contributed by atoms with Crippen molar-refractivity contribution in [1.82, 2.24) is 24.9 Å². The maximum atomic E-state index is 10.6. The van der Waals surface area contributed by atoms with Crippen molar-refractivity contribution in [2.24, 2.45) is 0 Å². The highest BCUT2D eigenvalue weighted by molar-refractivity contribution is 5.77. The van der Waals surface area contributed by atoms with E-state index in [0.29, 0.717) is 45.3 Å². The number of H-pyrrole nitrogens is 2. The van der Waals surface area contributed by atoms with E-state index in [2.05, 4.69) is 24.9 Å². The van der Waals surface area contributed by atoms with E-state index in [1.165, 1.54) is 6.33 Å². The van der Waals surface area contributed by atoms with Crippen molar-refractivity contribution in [2.45, 2.75) is 6.42 Å². The Kier molecular flexibility index (Phi) is 5.53. The highest BCUT2D eigenvalue weighted by Crippen LogP contribution is 2.40. The highest BCUT2D eigenvalue weighted by atomic mass is 16.5. The fourth-order valence-corrected chi connectivity index (χ4v) is 4.40. The summed E-state index contributed by atoms with van der Waals surface area (Å²) in [6, 6.07) is 17.9. The average Bonchev–Trinajstić information content (AvgIpc) is 3.60. The lowest BCUT2D eigenvalue weighted by Gasteiger charge is -2.06. The van der Waals surface area contributed by atoms with Crippen LogP contribution in [-0.4, -0.2) is 35.1 Å². The Hall–Kier alpha value is -5.51. The van der Waals surface area contributed by atoms with Crippen LogP contribution in [0.4, 0.5) is 11.4 Å². The van der Waals surface area contributed by atoms with E-state index in [-0.39, 0.29) is 29.7 Å². The van der Waals surface area contributed by atoms with Gasteiger partial charge in [0.25, 0.3) is 0 Å². The molecule has 0 saturated carbocycles. The van der Waals surface area contributed by atoms with Gasteiger partial charge >= 0.3 is 0 Å². The lowest BCUT2D eigenvalue weighted by Crippen LogP contribution is -1.94. The van der Waals surface area contributed by atoms with Gasteiger partial charge in [-0.15, -0.1) is 0 Å². The van der Waals surface area contributed by atoms with Gasteiger partial charge in [0.2, 0.25) is 11.8 Å². The molecule has 6 rings (SSSR count). The maximum Gasteiger partial charge on any atom is 0.242 e. The predicted octanol–water partition coefficient (Wildman–Crippen LogP) is 4.93. The van der Waals surface area contributed by atoms with Crippen LogP contribution in [0.15, 0.2) is 79.4 Å². The second kappa shape index (κ2) is 9.17. The number of rotatable bonds is 6. The summed E-state index contributed by atoms with van der Waals surface area (Å²) in [5, 5.41) is 21.2. The number of ether oxygens (including phenoxy) is 1. The summed E-state index contributed by atoms with van der Waals surface area (Å²) in [6.07, 6.45) is 4.93. The zero-order chi connectivity index (χ0) is 26.2. The van der Waals surface area contributed by atoms with E-state index in [1.807, 2.05) is 36.4 Å². The van der Waals surface area contributed by atoms with Gasteiger partial charge in [-0.3, -0.25) is 4.98 Å². The van der Waals surface area contributed by atoms with Crippen LogP contribution >= 0.6 is 0 Å². The lowest BCUT2D eigenvalue weighted by atomic mass is 10.1. The van der Waals surface area contributed by atoms with Crippen LogP contribution in [-0.2, 0) is 6.42 Å².